The Morgan fingerprint density at radius 1 is 1.33 bits per heavy atom. The smallest absolute Gasteiger partial charge is 0.313 e. The van der Waals surface area contributed by atoms with Gasteiger partial charge in [-0.25, -0.2) is 0 Å². The molecule has 7 nitrogen and oxygen atoms in total. The molecule has 0 aliphatic rings. The standard InChI is InChI=1S/C17H19N5O2/c1-11(13-9-19-21(2)10-13)22(3)17(24)16(23)20-14-4-5-15-12(8-14)6-7-18-15/h4-11,18H,1-3H3,(H,20,23). The fraction of sp³-hybridized carbons (Fsp3) is 0.235. The quantitative estimate of drug-likeness (QED) is 0.723. The number of hydrogen-bond acceptors (Lipinski definition) is 3. The number of likely N-dealkylation sites (N-methyl/N-ethyl adjacent to an activating group) is 1. The molecule has 0 aliphatic carbocycles. The highest BCUT2D eigenvalue weighted by Crippen LogP contribution is 2.20. The first-order chi connectivity index (χ1) is 11.5. The minimum atomic E-state index is -0.664. The van der Waals surface area contributed by atoms with Crippen molar-refractivity contribution in [3.63, 3.8) is 0 Å². The zero-order valence-electron chi connectivity index (χ0n) is 13.8. The van der Waals surface area contributed by atoms with E-state index in [1.54, 1.807) is 24.0 Å². The maximum absolute atomic E-state index is 12.4. The molecule has 0 saturated carbocycles. The number of amides is 2. The lowest BCUT2D eigenvalue weighted by Gasteiger charge is -2.23. The highest BCUT2D eigenvalue weighted by molar-refractivity contribution is 6.39. The maximum atomic E-state index is 12.4. The Hall–Kier alpha value is -3.09. The third kappa shape index (κ3) is 3.01. The second-order valence-electron chi connectivity index (χ2n) is 5.77. The van der Waals surface area contributed by atoms with Crippen molar-refractivity contribution < 1.29 is 9.59 Å². The van der Waals surface area contributed by atoms with Gasteiger partial charge in [0.2, 0.25) is 0 Å². The fourth-order valence-electron chi connectivity index (χ4n) is 2.53. The molecule has 3 rings (SSSR count). The second kappa shape index (κ2) is 6.19. The van der Waals surface area contributed by atoms with E-state index in [1.165, 1.54) is 4.90 Å². The van der Waals surface area contributed by atoms with Crippen LogP contribution in [0.4, 0.5) is 5.69 Å². The molecule has 0 fully saturated rings. The SMILES string of the molecule is CC(c1cnn(C)c1)N(C)C(=O)C(=O)Nc1ccc2[nH]ccc2c1. The zero-order chi connectivity index (χ0) is 17.3. The average Bonchev–Trinajstić information content (AvgIpc) is 3.20. The number of nitrogens with one attached hydrogen (secondary N) is 2. The Kier molecular flexibility index (Phi) is 4.07. The molecule has 1 aromatic carbocycles. The molecule has 2 N–H and O–H groups in total. The van der Waals surface area contributed by atoms with Gasteiger partial charge >= 0.3 is 11.8 Å². The van der Waals surface area contributed by atoms with Crippen LogP contribution in [0.2, 0.25) is 0 Å². The van der Waals surface area contributed by atoms with Crippen molar-refractivity contribution in [1.29, 1.82) is 0 Å². The summed E-state index contributed by atoms with van der Waals surface area (Å²) in [5.41, 5.74) is 2.43. The average molecular weight is 325 g/mol. The van der Waals surface area contributed by atoms with E-state index in [4.69, 9.17) is 0 Å². The summed E-state index contributed by atoms with van der Waals surface area (Å²) in [6.07, 6.45) is 5.34. The Labute approximate surface area is 139 Å². The minimum absolute atomic E-state index is 0.246. The number of fused-ring (bicyclic) bond motifs is 1. The molecule has 0 saturated heterocycles. The first kappa shape index (κ1) is 15.8. The van der Waals surface area contributed by atoms with Crippen molar-refractivity contribution in [2.75, 3.05) is 12.4 Å². The molecule has 0 bridgehead atoms. The minimum Gasteiger partial charge on any atom is -0.361 e. The molecule has 3 aromatic rings. The number of nitrogens with zero attached hydrogens (tertiary/aromatic N) is 3. The van der Waals surface area contributed by atoms with Crippen LogP contribution >= 0.6 is 0 Å². The van der Waals surface area contributed by atoms with Gasteiger partial charge < -0.3 is 15.2 Å². The molecule has 1 atom stereocenters. The first-order valence-electron chi connectivity index (χ1n) is 7.59. The lowest BCUT2D eigenvalue weighted by atomic mass is 10.1. The van der Waals surface area contributed by atoms with Gasteiger partial charge in [0, 0.05) is 48.6 Å². The summed E-state index contributed by atoms with van der Waals surface area (Å²) in [6.45, 7) is 1.86. The Morgan fingerprint density at radius 2 is 2.12 bits per heavy atom. The van der Waals surface area contributed by atoms with Crippen LogP contribution in [-0.2, 0) is 16.6 Å². The number of anilines is 1. The summed E-state index contributed by atoms with van der Waals surface area (Å²) in [6, 6.07) is 7.10. The Balaban J connectivity index is 1.70. The highest BCUT2D eigenvalue weighted by Gasteiger charge is 2.24. The molecule has 1 unspecified atom stereocenters. The Bertz CT molecular complexity index is 895. The monoisotopic (exact) mass is 325 g/mol. The van der Waals surface area contributed by atoms with Crippen LogP contribution in [0.25, 0.3) is 10.9 Å². The fourth-order valence-corrected chi connectivity index (χ4v) is 2.53. The van der Waals surface area contributed by atoms with Gasteiger partial charge in [-0.3, -0.25) is 14.3 Å². The second-order valence-corrected chi connectivity index (χ2v) is 5.77. The summed E-state index contributed by atoms with van der Waals surface area (Å²) in [7, 11) is 3.41. The van der Waals surface area contributed by atoms with E-state index in [0.29, 0.717) is 5.69 Å². The normalized spacial score (nSPS) is 12.1. The van der Waals surface area contributed by atoms with Crippen LogP contribution in [0.15, 0.2) is 42.9 Å². The largest absolute Gasteiger partial charge is 0.361 e. The number of carbonyl (C=O) groups is 2. The molecule has 0 radical (unpaired) electrons. The van der Waals surface area contributed by atoms with Crippen molar-refractivity contribution in [3.05, 3.63) is 48.4 Å². The van der Waals surface area contributed by atoms with E-state index in [0.717, 1.165) is 16.5 Å². The zero-order valence-corrected chi connectivity index (χ0v) is 13.8. The first-order valence-corrected chi connectivity index (χ1v) is 7.59. The maximum Gasteiger partial charge on any atom is 0.313 e. The van der Waals surface area contributed by atoms with Gasteiger partial charge in [-0.1, -0.05) is 0 Å². The van der Waals surface area contributed by atoms with Crippen molar-refractivity contribution in [2.24, 2.45) is 7.05 Å². The van der Waals surface area contributed by atoms with Crippen molar-refractivity contribution in [2.45, 2.75) is 13.0 Å². The van der Waals surface area contributed by atoms with Gasteiger partial charge in [0.1, 0.15) is 0 Å². The molecule has 0 aliphatic heterocycles. The molecular formula is C17H19N5O2. The molecule has 7 heteroatoms. The molecule has 0 spiro atoms. The third-order valence-electron chi connectivity index (χ3n) is 4.11. The number of rotatable bonds is 3. The molecule has 2 aromatic heterocycles. The van der Waals surface area contributed by atoms with E-state index < -0.39 is 11.8 Å². The summed E-state index contributed by atoms with van der Waals surface area (Å²) < 4.78 is 1.66. The molecule has 124 valence electrons. The van der Waals surface area contributed by atoms with Crippen molar-refractivity contribution in [1.82, 2.24) is 19.7 Å². The van der Waals surface area contributed by atoms with Crippen LogP contribution in [0.3, 0.4) is 0 Å². The van der Waals surface area contributed by atoms with E-state index in [-0.39, 0.29) is 6.04 Å². The number of hydrogen-bond donors (Lipinski definition) is 2. The number of aromatic nitrogens is 3. The molecule has 24 heavy (non-hydrogen) atoms. The topological polar surface area (TPSA) is 83.0 Å². The van der Waals surface area contributed by atoms with Crippen LogP contribution in [-0.4, -0.2) is 38.5 Å². The number of aromatic amines is 1. The number of carbonyl (C=O) groups excluding carboxylic acids is 2. The molecule has 2 heterocycles. The molecular weight excluding hydrogens is 306 g/mol. The van der Waals surface area contributed by atoms with Crippen LogP contribution < -0.4 is 5.32 Å². The van der Waals surface area contributed by atoms with Gasteiger partial charge in [-0.05, 0) is 31.2 Å². The van der Waals surface area contributed by atoms with Crippen molar-refractivity contribution >= 4 is 28.4 Å². The van der Waals surface area contributed by atoms with Crippen molar-refractivity contribution in [3.8, 4) is 0 Å². The highest BCUT2D eigenvalue weighted by atomic mass is 16.2. The number of H-pyrrole nitrogens is 1. The van der Waals surface area contributed by atoms with Gasteiger partial charge in [0.15, 0.2) is 0 Å². The van der Waals surface area contributed by atoms with E-state index in [2.05, 4.69) is 15.4 Å². The van der Waals surface area contributed by atoms with E-state index >= 15 is 0 Å². The number of aryl methyl sites for hydroxylation is 1. The van der Waals surface area contributed by atoms with Crippen LogP contribution in [0, 0.1) is 0 Å². The van der Waals surface area contributed by atoms with Gasteiger partial charge in [0.25, 0.3) is 0 Å². The predicted octanol–water partition coefficient (Wildman–Crippen LogP) is 2.06. The van der Waals surface area contributed by atoms with Crippen LogP contribution in [0.1, 0.15) is 18.5 Å². The molecule has 2 amide bonds. The van der Waals surface area contributed by atoms with Gasteiger partial charge in [0.05, 0.1) is 12.2 Å². The van der Waals surface area contributed by atoms with Crippen LogP contribution in [0.5, 0.6) is 0 Å². The third-order valence-corrected chi connectivity index (χ3v) is 4.11. The van der Waals surface area contributed by atoms with E-state index in [9.17, 15) is 9.59 Å². The lowest BCUT2D eigenvalue weighted by molar-refractivity contribution is -0.143. The summed E-state index contributed by atoms with van der Waals surface area (Å²) in [4.78, 5) is 29.1. The summed E-state index contributed by atoms with van der Waals surface area (Å²) in [5, 5.41) is 7.71. The van der Waals surface area contributed by atoms with E-state index in [1.807, 2.05) is 44.6 Å². The summed E-state index contributed by atoms with van der Waals surface area (Å²) >= 11 is 0. The Morgan fingerprint density at radius 3 is 2.83 bits per heavy atom. The summed E-state index contributed by atoms with van der Waals surface area (Å²) in [5.74, 6) is -1.26. The van der Waals surface area contributed by atoms with Gasteiger partial charge in [-0.2, -0.15) is 5.10 Å². The lowest BCUT2D eigenvalue weighted by Crippen LogP contribution is -2.38. The number of benzene rings is 1. The van der Waals surface area contributed by atoms with Gasteiger partial charge in [-0.15, -0.1) is 0 Å². The predicted molar refractivity (Wildman–Crippen MR) is 91.3 cm³/mol.